The maximum absolute atomic E-state index is 12.5. The molecule has 0 aliphatic carbocycles. The highest BCUT2D eigenvalue weighted by molar-refractivity contribution is 6.00. The number of benzene rings is 1. The number of ether oxygens (including phenoxy) is 2. The Morgan fingerprint density at radius 1 is 1.25 bits per heavy atom. The first-order valence-electron chi connectivity index (χ1n) is 7.55. The van der Waals surface area contributed by atoms with Crippen LogP contribution in [0.1, 0.15) is 43.1 Å². The largest absolute Gasteiger partial charge is 0.465 e. The van der Waals surface area contributed by atoms with Crippen molar-refractivity contribution >= 4 is 23.3 Å². The molecule has 1 aromatic rings. The molecule has 0 spiro atoms. The minimum Gasteiger partial charge on any atom is -0.465 e. The molecule has 1 aliphatic rings. The van der Waals surface area contributed by atoms with Crippen LogP contribution in [0.25, 0.3) is 5.70 Å². The number of nitrogens with one attached hydrogen (secondary N) is 1. The van der Waals surface area contributed by atoms with Crippen molar-refractivity contribution in [2.24, 2.45) is 0 Å². The Morgan fingerprint density at radius 2 is 1.96 bits per heavy atom. The summed E-state index contributed by atoms with van der Waals surface area (Å²) in [6.45, 7) is 5.72. The van der Waals surface area contributed by atoms with E-state index in [0.717, 1.165) is 0 Å². The zero-order valence-corrected chi connectivity index (χ0v) is 14.3. The van der Waals surface area contributed by atoms with E-state index in [0.29, 0.717) is 41.1 Å². The highest BCUT2D eigenvalue weighted by atomic mass is 16.6. The van der Waals surface area contributed by atoms with Crippen LogP contribution in [0.15, 0.2) is 23.8 Å². The maximum atomic E-state index is 12.5. The van der Waals surface area contributed by atoms with Gasteiger partial charge in [0.25, 0.3) is 0 Å². The fourth-order valence-electron chi connectivity index (χ4n) is 2.24. The molecule has 0 amide bonds. The van der Waals surface area contributed by atoms with Crippen LogP contribution in [0.4, 0.5) is 5.69 Å². The molecule has 7 heteroatoms. The van der Waals surface area contributed by atoms with Gasteiger partial charge in [0.15, 0.2) is 0 Å². The molecule has 1 heterocycles. The number of hydrogen-bond acceptors (Lipinski definition) is 7. The number of nitrogens with two attached hydrogens (primary N) is 1. The second-order valence-corrected chi connectivity index (χ2v) is 6.35. The van der Waals surface area contributed by atoms with Gasteiger partial charge in [-0.2, -0.15) is 0 Å². The summed E-state index contributed by atoms with van der Waals surface area (Å²) in [7, 11) is 1.30. The first-order chi connectivity index (χ1) is 11.2. The Bertz CT molecular complexity index is 689. The Morgan fingerprint density at radius 3 is 2.58 bits per heavy atom. The zero-order valence-electron chi connectivity index (χ0n) is 14.3. The molecule has 0 aromatic heterocycles. The van der Waals surface area contributed by atoms with Crippen molar-refractivity contribution in [2.75, 3.05) is 19.5 Å². The van der Waals surface area contributed by atoms with Crippen molar-refractivity contribution in [2.45, 2.75) is 32.8 Å². The lowest BCUT2D eigenvalue weighted by Gasteiger charge is -2.25. The van der Waals surface area contributed by atoms with Gasteiger partial charge in [0.2, 0.25) is 0 Å². The third-order valence-electron chi connectivity index (χ3n) is 3.32. The molecular weight excluding hydrogens is 312 g/mol. The third-order valence-corrected chi connectivity index (χ3v) is 3.32. The predicted molar refractivity (Wildman–Crippen MR) is 88.7 cm³/mol. The van der Waals surface area contributed by atoms with E-state index >= 15 is 0 Å². The number of hydrogen-bond donors (Lipinski definition) is 2. The van der Waals surface area contributed by atoms with Crippen molar-refractivity contribution in [1.82, 2.24) is 5.48 Å². The highest BCUT2D eigenvalue weighted by Crippen LogP contribution is 2.29. The van der Waals surface area contributed by atoms with E-state index in [1.807, 2.05) is 0 Å². The van der Waals surface area contributed by atoms with Crippen LogP contribution >= 0.6 is 0 Å². The molecule has 0 bridgehead atoms. The van der Waals surface area contributed by atoms with E-state index in [4.69, 9.17) is 20.0 Å². The van der Waals surface area contributed by atoms with Crippen LogP contribution in [0.5, 0.6) is 0 Å². The smallest absolute Gasteiger partial charge is 0.337 e. The molecule has 1 aliphatic heterocycles. The average molecular weight is 334 g/mol. The molecule has 0 saturated carbocycles. The van der Waals surface area contributed by atoms with E-state index in [1.54, 1.807) is 39.0 Å². The number of carbonyl (C=O) groups is 2. The molecule has 24 heavy (non-hydrogen) atoms. The summed E-state index contributed by atoms with van der Waals surface area (Å²) >= 11 is 0. The summed E-state index contributed by atoms with van der Waals surface area (Å²) in [5.74, 6) is -0.941. The van der Waals surface area contributed by atoms with Gasteiger partial charge in [0.1, 0.15) is 5.60 Å². The lowest BCUT2D eigenvalue weighted by Crippen LogP contribution is -2.30. The van der Waals surface area contributed by atoms with Gasteiger partial charge in [-0.25, -0.2) is 9.59 Å². The van der Waals surface area contributed by atoms with Gasteiger partial charge in [-0.3, -0.25) is 10.3 Å². The predicted octanol–water partition coefficient (Wildman–Crippen LogP) is 2.03. The van der Waals surface area contributed by atoms with Crippen LogP contribution in [0, 0.1) is 0 Å². The average Bonchev–Trinajstić information content (AvgIpc) is 2.53. The van der Waals surface area contributed by atoms with Crippen molar-refractivity contribution in [1.29, 1.82) is 0 Å². The topological polar surface area (TPSA) is 99.9 Å². The van der Waals surface area contributed by atoms with Crippen molar-refractivity contribution < 1.29 is 23.9 Å². The first kappa shape index (κ1) is 17.8. The number of hydroxylamine groups is 1. The highest BCUT2D eigenvalue weighted by Gasteiger charge is 2.27. The fraction of sp³-hybridized carbons (Fsp3) is 0.412. The van der Waals surface area contributed by atoms with Crippen LogP contribution in [0.3, 0.4) is 0 Å². The Labute approximate surface area is 140 Å². The van der Waals surface area contributed by atoms with Crippen LogP contribution < -0.4 is 11.2 Å². The van der Waals surface area contributed by atoms with Crippen LogP contribution in [-0.2, 0) is 19.1 Å². The summed E-state index contributed by atoms with van der Waals surface area (Å²) in [6, 6.07) is 4.70. The second-order valence-electron chi connectivity index (χ2n) is 6.35. The fourth-order valence-corrected chi connectivity index (χ4v) is 2.24. The van der Waals surface area contributed by atoms with Gasteiger partial charge in [-0.15, -0.1) is 0 Å². The number of rotatable bonds is 3. The van der Waals surface area contributed by atoms with E-state index < -0.39 is 17.5 Å². The molecule has 0 atom stereocenters. The van der Waals surface area contributed by atoms with E-state index in [2.05, 4.69) is 5.48 Å². The lowest BCUT2D eigenvalue weighted by atomic mass is 9.99. The molecule has 7 nitrogen and oxygen atoms in total. The van der Waals surface area contributed by atoms with Crippen molar-refractivity contribution in [3.8, 4) is 0 Å². The molecule has 0 saturated heterocycles. The Kier molecular flexibility index (Phi) is 5.14. The summed E-state index contributed by atoms with van der Waals surface area (Å²) in [6.07, 6.45) is 0.374. The number of methoxy groups -OCH3 is 1. The SMILES string of the molecule is COC(=O)c1ccc(N)c(C2=C(C(=O)OC(C)(C)C)CCON2)c1. The minimum absolute atomic E-state index is 0.324. The molecule has 130 valence electrons. The number of carbonyl (C=O) groups excluding carboxylic acids is 2. The number of nitrogen functional groups attached to an aromatic ring is 1. The lowest BCUT2D eigenvalue weighted by molar-refractivity contribution is -0.150. The number of esters is 2. The van der Waals surface area contributed by atoms with Gasteiger partial charge < -0.3 is 15.2 Å². The first-order valence-corrected chi connectivity index (χ1v) is 7.55. The summed E-state index contributed by atoms with van der Waals surface area (Å²) < 4.78 is 10.2. The van der Waals surface area contributed by atoms with Crippen LogP contribution in [-0.4, -0.2) is 31.3 Å². The van der Waals surface area contributed by atoms with E-state index in [9.17, 15) is 9.59 Å². The van der Waals surface area contributed by atoms with Gasteiger partial charge in [0, 0.05) is 17.7 Å². The van der Waals surface area contributed by atoms with Gasteiger partial charge >= 0.3 is 11.9 Å². The molecule has 0 unspecified atom stereocenters. The van der Waals surface area contributed by atoms with Crippen molar-refractivity contribution in [3.05, 3.63) is 34.9 Å². The standard InChI is InChI=1S/C17H22N2O5/c1-17(2,3)24-16(21)11-7-8-23-19-14(11)12-9-10(15(20)22-4)5-6-13(12)18/h5-6,9,19H,7-8,18H2,1-4H3. The molecule has 3 N–H and O–H groups in total. The molecular formula is C17H22N2O5. The van der Waals surface area contributed by atoms with Crippen LogP contribution in [0.2, 0.25) is 0 Å². The molecule has 1 aromatic carbocycles. The second kappa shape index (κ2) is 6.92. The zero-order chi connectivity index (χ0) is 17.9. The normalized spacial score (nSPS) is 14.8. The Hall–Kier alpha value is -2.54. The molecule has 0 fully saturated rings. The van der Waals surface area contributed by atoms with E-state index in [1.165, 1.54) is 7.11 Å². The number of anilines is 1. The minimum atomic E-state index is -0.618. The van der Waals surface area contributed by atoms with Gasteiger partial charge in [-0.05, 0) is 39.0 Å². The third kappa shape index (κ3) is 4.05. The quantitative estimate of drug-likeness (QED) is 0.644. The Balaban J connectivity index is 2.49. The summed E-state index contributed by atoms with van der Waals surface area (Å²) in [5, 5.41) is 0. The molecule has 0 radical (unpaired) electrons. The summed E-state index contributed by atoms with van der Waals surface area (Å²) in [4.78, 5) is 29.5. The van der Waals surface area contributed by atoms with Gasteiger partial charge in [-0.1, -0.05) is 0 Å². The van der Waals surface area contributed by atoms with Gasteiger partial charge in [0.05, 0.1) is 30.6 Å². The van der Waals surface area contributed by atoms with Crippen molar-refractivity contribution in [3.63, 3.8) is 0 Å². The monoisotopic (exact) mass is 334 g/mol. The van der Waals surface area contributed by atoms with E-state index in [-0.39, 0.29) is 0 Å². The maximum Gasteiger partial charge on any atom is 0.337 e. The summed E-state index contributed by atoms with van der Waals surface area (Å²) in [5.41, 5.74) is 10.2. The molecule has 2 rings (SSSR count).